The molecular weight excluding hydrogens is 218 g/mol. The highest BCUT2D eigenvalue weighted by molar-refractivity contribution is 7.09. The Bertz CT molecular complexity index is 343. The Balaban J connectivity index is 2.14. The van der Waals surface area contributed by atoms with Crippen molar-refractivity contribution in [1.82, 2.24) is 4.98 Å². The van der Waals surface area contributed by atoms with E-state index in [4.69, 9.17) is 0 Å². The van der Waals surface area contributed by atoms with E-state index in [1.165, 1.54) is 0 Å². The minimum atomic E-state index is 0.313. The molecule has 0 radical (unpaired) electrons. The van der Waals surface area contributed by atoms with Crippen molar-refractivity contribution in [2.75, 3.05) is 0 Å². The number of carbonyl (C=O) groups is 1. The zero-order chi connectivity index (χ0) is 11.8. The van der Waals surface area contributed by atoms with E-state index in [1.807, 2.05) is 18.4 Å². The second-order valence-corrected chi connectivity index (χ2v) is 4.93. The molecule has 3 heteroatoms. The maximum absolute atomic E-state index is 11.6. The fraction of sp³-hybridized carbons (Fsp3) is 0.538. The van der Waals surface area contributed by atoms with Gasteiger partial charge in [0.15, 0.2) is 0 Å². The Morgan fingerprint density at radius 1 is 1.50 bits per heavy atom. The summed E-state index contributed by atoms with van der Waals surface area (Å²) in [6.45, 7) is 5.64. The van der Waals surface area contributed by atoms with Crippen LogP contribution in [0.4, 0.5) is 0 Å². The van der Waals surface area contributed by atoms with Crippen LogP contribution in [0.3, 0.4) is 0 Å². The first-order valence-corrected chi connectivity index (χ1v) is 6.64. The lowest BCUT2D eigenvalue weighted by atomic mass is 10.1. The van der Waals surface area contributed by atoms with Gasteiger partial charge in [-0.15, -0.1) is 17.9 Å². The van der Waals surface area contributed by atoms with Crippen LogP contribution in [0.2, 0.25) is 0 Å². The van der Waals surface area contributed by atoms with Crippen LogP contribution in [0.25, 0.3) is 0 Å². The molecule has 0 saturated carbocycles. The second kappa shape index (κ2) is 7.34. The molecular formula is C13H19NOS. The normalized spacial score (nSPS) is 10.3. The molecule has 0 saturated heterocycles. The molecule has 0 N–H and O–H groups in total. The molecule has 0 spiro atoms. The van der Waals surface area contributed by atoms with Crippen molar-refractivity contribution < 1.29 is 4.79 Å². The molecule has 0 aliphatic rings. The van der Waals surface area contributed by atoms with Crippen molar-refractivity contribution in [2.45, 2.75) is 45.4 Å². The van der Waals surface area contributed by atoms with E-state index in [0.29, 0.717) is 18.6 Å². The predicted octanol–water partition coefficient (Wildman–Crippen LogP) is 3.70. The first-order valence-electron chi connectivity index (χ1n) is 5.76. The van der Waals surface area contributed by atoms with Gasteiger partial charge in [0.1, 0.15) is 10.8 Å². The minimum absolute atomic E-state index is 0.313. The van der Waals surface area contributed by atoms with Crippen LogP contribution in [-0.4, -0.2) is 10.8 Å². The average Bonchev–Trinajstić information content (AvgIpc) is 2.63. The second-order valence-electron chi connectivity index (χ2n) is 3.99. The van der Waals surface area contributed by atoms with Gasteiger partial charge in [-0.2, -0.15) is 0 Å². The molecule has 0 bridgehead atoms. The van der Waals surface area contributed by atoms with Crippen molar-refractivity contribution in [3.63, 3.8) is 0 Å². The Hall–Kier alpha value is -0.960. The molecule has 0 aliphatic carbocycles. The lowest BCUT2D eigenvalue weighted by Crippen LogP contribution is -2.02. The fourth-order valence-corrected chi connectivity index (χ4v) is 2.33. The number of rotatable bonds is 8. The van der Waals surface area contributed by atoms with E-state index in [0.717, 1.165) is 36.4 Å². The van der Waals surface area contributed by atoms with E-state index in [-0.39, 0.29) is 0 Å². The van der Waals surface area contributed by atoms with Gasteiger partial charge in [0.25, 0.3) is 0 Å². The van der Waals surface area contributed by atoms with Gasteiger partial charge in [0.2, 0.25) is 0 Å². The standard InChI is InChI=1S/C13H19NOS/c1-3-4-5-6-7-8-12(15)9-13-14-11(2)10-16-13/h3,10H,1,4-9H2,2H3. The number of aromatic nitrogens is 1. The van der Waals surface area contributed by atoms with Crippen molar-refractivity contribution in [2.24, 2.45) is 0 Å². The Kier molecular flexibility index (Phi) is 6.01. The Morgan fingerprint density at radius 3 is 2.94 bits per heavy atom. The van der Waals surface area contributed by atoms with Crippen molar-refractivity contribution in [3.05, 3.63) is 28.7 Å². The van der Waals surface area contributed by atoms with Crippen LogP contribution in [0.15, 0.2) is 18.0 Å². The van der Waals surface area contributed by atoms with E-state index < -0.39 is 0 Å². The van der Waals surface area contributed by atoms with Crippen molar-refractivity contribution in [3.8, 4) is 0 Å². The third-order valence-corrected chi connectivity index (χ3v) is 3.35. The van der Waals surface area contributed by atoms with Gasteiger partial charge < -0.3 is 0 Å². The Morgan fingerprint density at radius 2 is 2.31 bits per heavy atom. The maximum atomic E-state index is 11.6. The van der Waals surface area contributed by atoms with Crippen LogP contribution in [-0.2, 0) is 11.2 Å². The maximum Gasteiger partial charge on any atom is 0.139 e. The first kappa shape index (κ1) is 13.1. The molecule has 0 aliphatic heterocycles. The van der Waals surface area contributed by atoms with Gasteiger partial charge in [-0.25, -0.2) is 4.98 Å². The quantitative estimate of drug-likeness (QED) is 0.509. The molecule has 1 heterocycles. The monoisotopic (exact) mass is 237 g/mol. The summed E-state index contributed by atoms with van der Waals surface area (Å²) in [5.74, 6) is 0.313. The van der Waals surface area contributed by atoms with Crippen LogP contribution in [0.1, 0.15) is 42.8 Å². The molecule has 1 rings (SSSR count). The average molecular weight is 237 g/mol. The number of unbranched alkanes of at least 4 members (excludes halogenated alkanes) is 3. The number of hydrogen-bond donors (Lipinski definition) is 0. The highest BCUT2D eigenvalue weighted by atomic mass is 32.1. The summed E-state index contributed by atoms with van der Waals surface area (Å²) < 4.78 is 0. The highest BCUT2D eigenvalue weighted by Crippen LogP contribution is 2.12. The fourth-order valence-electron chi connectivity index (χ4n) is 1.53. The summed E-state index contributed by atoms with van der Waals surface area (Å²) in [5.41, 5.74) is 1.01. The highest BCUT2D eigenvalue weighted by Gasteiger charge is 2.06. The molecule has 2 nitrogen and oxygen atoms in total. The summed E-state index contributed by atoms with van der Waals surface area (Å²) in [5, 5.41) is 2.95. The SMILES string of the molecule is C=CCCCCCC(=O)Cc1nc(C)cs1. The smallest absolute Gasteiger partial charge is 0.139 e. The summed E-state index contributed by atoms with van der Waals surface area (Å²) in [6.07, 6.45) is 7.45. The van der Waals surface area contributed by atoms with Crippen molar-refractivity contribution >= 4 is 17.1 Å². The van der Waals surface area contributed by atoms with Crippen LogP contribution in [0.5, 0.6) is 0 Å². The number of allylic oxidation sites excluding steroid dienone is 1. The third-order valence-electron chi connectivity index (χ3n) is 2.38. The zero-order valence-electron chi connectivity index (χ0n) is 9.87. The molecule has 16 heavy (non-hydrogen) atoms. The van der Waals surface area contributed by atoms with Gasteiger partial charge in [-0.1, -0.05) is 12.5 Å². The van der Waals surface area contributed by atoms with Crippen LogP contribution >= 0.6 is 11.3 Å². The molecule has 1 aromatic rings. The number of aryl methyl sites for hydroxylation is 1. The number of thiazole rings is 1. The molecule has 0 fully saturated rings. The number of hydrogen-bond acceptors (Lipinski definition) is 3. The predicted molar refractivity (Wildman–Crippen MR) is 68.8 cm³/mol. The first-order chi connectivity index (χ1) is 7.72. The van der Waals surface area contributed by atoms with Gasteiger partial charge in [0, 0.05) is 17.5 Å². The summed E-state index contributed by atoms with van der Waals surface area (Å²) in [6, 6.07) is 0. The zero-order valence-corrected chi connectivity index (χ0v) is 10.7. The molecule has 0 atom stereocenters. The summed E-state index contributed by atoms with van der Waals surface area (Å²) in [4.78, 5) is 15.9. The van der Waals surface area contributed by atoms with E-state index in [9.17, 15) is 4.79 Å². The third kappa shape index (κ3) is 5.21. The largest absolute Gasteiger partial charge is 0.299 e. The van der Waals surface area contributed by atoms with Gasteiger partial charge in [-0.3, -0.25) is 4.79 Å². The lowest BCUT2D eigenvalue weighted by molar-refractivity contribution is -0.118. The molecule has 0 unspecified atom stereocenters. The van der Waals surface area contributed by atoms with E-state index >= 15 is 0 Å². The molecule has 88 valence electrons. The van der Waals surface area contributed by atoms with Crippen molar-refractivity contribution in [1.29, 1.82) is 0 Å². The van der Waals surface area contributed by atoms with E-state index in [1.54, 1.807) is 11.3 Å². The molecule has 0 amide bonds. The van der Waals surface area contributed by atoms with Gasteiger partial charge in [0.05, 0.1) is 6.42 Å². The van der Waals surface area contributed by atoms with Gasteiger partial charge in [-0.05, 0) is 26.2 Å². The lowest BCUT2D eigenvalue weighted by Gasteiger charge is -1.98. The number of nitrogens with zero attached hydrogens (tertiary/aromatic N) is 1. The number of carbonyl (C=O) groups excluding carboxylic acids is 1. The number of Topliss-reactive ketones (excluding diaryl/α,β-unsaturated/α-hetero) is 1. The van der Waals surface area contributed by atoms with E-state index in [2.05, 4.69) is 11.6 Å². The number of ketones is 1. The topological polar surface area (TPSA) is 30.0 Å². The van der Waals surface area contributed by atoms with Crippen LogP contribution in [0, 0.1) is 6.92 Å². The molecule has 1 aromatic heterocycles. The summed E-state index contributed by atoms with van der Waals surface area (Å²) in [7, 11) is 0. The summed E-state index contributed by atoms with van der Waals surface area (Å²) >= 11 is 1.58. The minimum Gasteiger partial charge on any atom is -0.299 e. The van der Waals surface area contributed by atoms with Gasteiger partial charge >= 0.3 is 0 Å². The van der Waals surface area contributed by atoms with Crippen LogP contribution < -0.4 is 0 Å². The molecule has 0 aromatic carbocycles. The Labute approximate surface area is 101 Å².